The number of rotatable bonds is 5. The standard InChI is InChI=1S/C20H23F2NO2/c1-13(14-10-15(21)12-16(22)11-14)23-17-6-8-18(9-7-17)25-20-5-3-2-4-19(20)24/h6-13,19-20,23-24H,2-5H2,1H3/t13?,19-,20-/m1/s1. The van der Waals surface area contributed by atoms with Crippen molar-refractivity contribution in [3.8, 4) is 5.75 Å². The minimum Gasteiger partial charge on any atom is -0.488 e. The second-order valence-electron chi connectivity index (χ2n) is 6.60. The summed E-state index contributed by atoms with van der Waals surface area (Å²) in [4.78, 5) is 0. The van der Waals surface area contributed by atoms with E-state index in [0.717, 1.165) is 37.4 Å². The van der Waals surface area contributed by atoms with Gasteiger partial charge in [-0.2, -0.15) is 0 Å². The molecular formula is C20H23F2NO2. The molecule has 1 aliphatic rings. The number of aliphatic hydroxyl groups is 1. The lowest BCUT2D eigenvalue weighted by Gasteiger charge is -2.28. The van der Waals surface area contributed by atoms with Crippen LogP contribution in [0.2, 0.25) is 0 Å². The summed E-state index contributed by atoms with van der Waals surface area (Å²) in [6.45, 7) is 1.84. The molecule has 5 heteroatoms. The van der Waals surface area contributed by atoms with Gasteiger partial charge in [0.2, 0.25) is 0 Å². The average Bonchev–Trinajstić information content (AvgIpc) is 2.58. The topological polar surface area (TPSA) is 41.5 Å². The van der Waals surface area contributed by atoms with Crippen molar-refractivity contribution >= 4 is 5.69 Å². The number of hydrogen-bond acceptors (Lipinski definition) is 3. The summed E-state index contributed by atoms with van der Waals surface area (Å²) in [5, 5.41) is 13.2. The fourth-order valence-corrected chi connectivity index (χ4v) is 3.18. The first-order chi connectivity index (χ1) is 12.0. The van der Waals surface area contributed by atoms with Crippen molar-refractivity contribution in [2.75, 3.05) is 5.32 Å². The van der Waals surface area contributed by atoms with Crippen LogP contribution in [0.15, 0.2) is 42.5 Å². The monoisotopic (exact) mass is 347 g/mol. The minimum absolute atomic E-state index is 0.151. The van der Waals surface area contributed by atoms with Gasteiger partial charge in [-0.3, -0.25) is 0 Å². The van der Waals surface area contributed by atoms with E-state index in [9.17, 15) is 13.9 Å². The van der Waals surface area contributed by atoms with E-state index in [2.05, 4.69) is 5.32 Å². The molecule has 1 aliphatic carbocycles. The molecule has 2 aromatic carbocycles. The highest BCUT2D eigenvalue weighted by Crippen LogP contribution is 2.26. The highest BCUT2D eigenvalue weighted by Gasteiger charge is 2.24. The molecule has 1 saturated carbocycles. The van der Waals surface area contributed by atoms with Crippen LogP contribution in [0.1, 0.15) is 44.2 Å². The van der Waals surface area contributed by atoms with E-state index in [-0.39, 0.29) is 12.1 Å². The molecule has 0 radical (unpaired) electrons. The molecule has 0 aliphatic heterocycles. The fraction of sp³-hybridized carbons (Fsp3) is 0.400. The van der Waals surface area contributed by atoms with Crippen molar-refractivity contribution < 1.29 is 18.6 Å². The van der Waals surface area contributed by atoms with Gasteiger partial charge in [0.1, 0.15) is 23.5 Å². The molecule has 134 valence electrons. The number of halogens is 2. The van der Waals surface area contributed by atoms with Crippen molar-refractivity contribution in [2.24, 2.45) is 0 Å². The van der Waals surface area contributed by atoms with E-state index < -0.39 is 17.7 Å². The molecule has 3 atom stereocenters. The summed E-state index contributed by atoms with van der Waals surface area (Å²) in [6, 6.07) is 10.7. The van der Waals surface area contributed by atoms with Crippen LogP contribution in [0, 0.1) is 11.6 Å². The van der Waals surface area contributed by atoms with Gasteiger partial charge >= 0.3 is 0 Å². The van der Waals surface area contributed by atoms with Gasteiger partial charge in [-0.25, -0.2) is 8.78 Å². The molecule has 0 bridgehead atoms. The summed E-state index contributed by atoms with van der Waals surface area (Å²) >= 11 is 0. The smallest absolute Gasteiger partial charge is 0.126 e. The molecule has 0 heterocycles. The van der Waals surface area contributed by atoms with E-state index in [1.54, 1.807) is 0 Å². The maximum Gasteiger partial charge on any atom is 0.126 e. The van der Waals surface area contributed by atoms with Crippen molar-refractivity contribution in [2.45, 2.75) is 50.9 Å². The third-order valence-corrected chi connectivity index (χ3v) is 4.58. The van der Waals surface area contributed by atoms with Crippen LogP contribution in [0.5, 0.6) is 5.75 Å². The van der Waals surface area contributed by atoms with E-state index in [1.165, 1.54) is 12.1 Å². The molecule has 25 heavy (non-hydrogen) atoms. The molecule has 3 nitrogen and oxygen atoms in total. The van der Waals surface area contributed by atoms with E-state index in [1.807, 2.05) is 31.2 Å². The number of hydrogen-bond donors (Lipinski definition) is 2. The molecule has 0 spiro atoms. The van der Waals surface area contributed by atoms with Gasteiger partial charge in [0.15, 0.2) is 0 Å². The van der Waals surface area contributed by atoms with Crippen LogP contribution in [-0.2, 0) is 0 Å². The normalized spacial score (nSPS) is 21.6. The average molecular weight is 347 g/mol. The Hall–Kier alpha value is -2.14. The maximum atomic E-state index is 13.3. The highest BCUT2D eigenvalue weighted by atomic mass is 19.1. The van der Waals surface area contributed by atoms with Gasteiger partial charge in [-0.1, -0.05) is 6.42 Å². The number of benzene rings is 2. The molecule has 0 aromatic heterocycles. The Kier molecular flexibility index (Phi) is 5.53. The first-order valence-corrected chi connectivity index (χ1v) is 8.68. The Morgan fingerprint density at radius 2 is 1.68 bits per heavy atom. The Balaban J connectivity index is 1.62. The third kappa shape index (κ3) is 4.69. The first-order valence-electron chi connectivity index (χ1n) is 8.68. The van der Waals surface area contributed by atoms with Crippen LogP contribution in [0.4, 0.5) is 14.5 Å². The largest absolute Gasteiger partial charge is 0.488 e. The summed E-state index contributed by atoms with van der Waals surface area (Å²) in [7, 11) is 0. The predicted molar refractivity (Wildman–Crippen MR) is 93.7 cm³/mol. The quantitative estimate of drug-likeness (QED) is 0.815. The number of ether oxygens (including phenoxy) is 1. The number of anilines is 1. The number of aliphatic hydroxyl groups excluding tert-OH is 1. The van der Waals surface area contributed by atoms with E-state index in [4.69, 9.17) is 4.74 Å². The van der Waals surface area contributed by atoms with Gasteiger partial charge in [0.25, 0.3) is 0 Å². The van der Waals surface area contributed by atoms with Gasteiger partial charge in [-0.15, -0.1) is 0 Å². The van der Waals surface area contributed by atoms with Crippen molar-refractivity contribution in [1.82, 2.24) is 0 Å². The van der Waals surface area contributed by atoms with Gasteiger partial charge in [-0.05, 0) is 68.1 Å². The second-order valence-corrected chi connectivity index (χ2v) is 6.60. The molecule has 1 fully saturated rings. The van der Waals surface area contributed by atoms with Gasteiger partial charge < -0.3 is 15.2 Å². The third-order valence-electron chi connectivity index (χ3n) is 4.58. The summed E-state index contributed by atoms with van der Waals surface area (Å²) in [5.74, 6) is -0.460. The molecule has 1 unspecified atom stereocenters. The van der Waals surface area contributed by atoms with Crippen LogP contribution >= 0.6 is 0 Å². The summed E-state index contributed by atoms with van der Waals surface area (Å²) in [6.07, 6.45) is 3.21. The Morgan fingerprint density at radius 3 is 2.32 bits per heavy atom. The minimum atomic E-state index is -0.585. The molecular weight excluding hydrogens is 324 g/mol. The fourth-order valence-electron chi connectivity index (χ4n) is 3.18. The molecule has 2 aromatic rings. The maximum absolute atomic E-state index is 13.3. The summed E-state index contributed by atoms with van der Waals surface area (Å²) < 4.78 is 32.5. The zero-order chi connectivity index (χ0) is 17.8. The lowest BCUT2D eigenvalue weighted by molar-refractivity contribution is 0.00688. The molecule has 2 N–H and O–H groups in total. The van der Waals surface area contributed by atoms with E-state index in [0.29, 0.717) is 11.3 Å². The molecule has 3 rings (SSSR count). The molecule has 0 saturated heterocycles. The SMILES string of the molecule is CC(Nc1ccc(O[C@@H]2CCCC[C@H]2O)cc1)c1cc(F)cc(F)c1. The Labute approximate surface area is 146 Å². The van der Waals surface area contributed by atoms with Crippen LogP contribution in [0.25, 0.3) is 0 Å². The van der Waals surface area contributed by atoms with Crippen LogP contribution < -0.4 is 10.1 Å². The first kappa shape index (κ1) is 17.7. The van der Waals surface area contributed by atoms with Crippen LogP contribution in [0.3, 0.4) is 0 Å². The van der Waals surface area contributed by atoms with Crippen molar-refractivity contribution in [3.63, 3.8) is 0 Å². The lowest BCUT2D eigenvalue weighted by Crippen LogP contribution is -2.34. The van der Waals surface area contributed by atoms with Crippen molar-refractivity contribution in [1.29, 1.82) is 0 Å². The van der Waals surface area contributed by atoms with Crippen LogP contribution in [-0.4, -0.2) is 17.3 Å². The second kappa shape index (κ2) is 7.83. The summed E-state index contributed by atoms with van der Waals surface area (Å²) in [5.41, 5.74) is 1.37. The predicted octanol–water partition coefficient (Wildman–Crippen LogP) is 4.82. The van der Waals surface area contributed by atoms with Gasteiger partial charge in [0, 0.05) is 17.8 Å². The molecule has 0 amide bonds. The van der Waals surface area contributed by atoms with E-state index >= 15 is 0 Å². The lowest BCUT2D eigenvalue weighted by atomic mass is 9.95. The zero-order valence-electron chi connectivity index (χ0n) is 14.2. The Morgan fingerprint density at radius 1 is 1.04 bits per heavy atom. The highest BCUT2D eigenvalue weighted by molar-refractivity contribution is 5.48. The van der Waals surface area contributed by atoms with Crippen molar-refractivity contribution in [3.05, 3.63) is 59.7 Å². The Bertz CT molecular complexity index is 685. The number of nitrogens with one attached hydrogen (secondary N) is 1. The van der Waals surface area contributed by atoms with Gasteiger partial charge in [0.05, 0.1) is 6.10 Å². The zero-order valence-corrected chi connectivity index (χ0v) is 14.2.